The monoisotopic (exact) mass is 410 g/mol. The molecule has 0 spiro atoms. The highest BCUT2D eigenvalue weighted by molar-refractivity contribution is 7.89. The van der Waals surface area contributed by atoms with Gasteiger partial charge in [-0.05, 0) is 41.5 Å². The number of sulfonamides is 1. The molecule has 0 unspecified atom stereocenters. The molecular weight excluding hydrogens is 392 g/mol. The minimum atomic E-state index is -3.74. The first kappa shape index (κ1) is 19.0. The molecule has 1 aromatic heterocycles. The van der Waals surface area contributed by atoms with Crippen LogP contribution in [0.1, 0.15) is 11.1 Å². The molecule has 4 aromatic rings. The number of rotatable bonds is 7. The number of ether oxygens (including phenoxy) is 1. The smallest absolute Gasteiger partial charge is 0.417 e. The topological polar surface area (TPSA) is 101 Å². The lowest BCUT2D eigenvalue weighted by Crippen LogP contribution is -2.23. The second-order valence-corrected chi connectivity index (χ2v) is 8.18. The van der Waals surface area contributed by atoms with Crippen LogP contribution in [0.5, 0.6) is 5.75 Å². The SMILES string of the molecule is O=c1[nH]c2cc(S(=O)(=O)NCc3ccc(OCc4ccccc4)cc3)ccc2o1. The number of benzene rings is 3. The van der Waals surface area contributed by atoms with Crippen molar-refractivity contribution in [3.05, 3.63) is 94.5 Å². The minimum absolute atomic E-state index is 0.0462. The van der Waals surface area contributed by atoms with Gasteiger partial charge in [0.1, 0.15) is 12.4 Å². The predicted molar refractivity (Wildman–Crippen MR) is 108 cm³/mol. The first-order valence-electron chi connectivity index (χ1n) is 8.88. The molecule has 0 fully saturated rings. The summed E-state index contributed by atoms with van der Waals surface area (Å²) in [6.07, 6.45) is 0. The fraction of sp³-hybridized carbons (Fsp3) is 0.0952. The number of fused-ring (bicyclic) bond motifs is 1. The number of aromatic nitrogens is 1. The average Bonchev–Trinajstić information content (AvgIpc) is 3.11. The Bertz CT molecular complexity index is 1280. The van der Waals surface area contributed by atoms with Gasteiger partial charge in [0.2, 0.25) is 10.0 Å². The van der Waals surface area contributed by atoms with E-state index in [2.05, 4.69) is 9.71 Å². The summed E-state index contributed by atoms with van der Waals surface area (Å²) in [6.45, 7) is 0.590. The molecule has 0 bridgehead atoms. The van der Waals surface area contributed by atoms with E-state index in [1.165, 1.54) is 18.2 Å². The third kappa shape index (κ3) is 4.56. The summed E-state index contributed by atoms with van der Waals surface area (Å²) in [5, 5.41) is 0. The first-order chi connectivity index (χ1) is 14.0. The molecule has 8 heteroatoms. The van der Waals surface area contributed by atoms with Crippen molar-refractivity contribution in [1.29, 1.82) is 0 Å². The molecule has 148 valence electrons. The lowest BCUT2D eigenvalue weighted by molar-refractivity contribution is 0.306. The van der Waals surface area contributed by atoms with Gasteiger partial charge in [-0.3, -0.25) is 4.98 Å². The average molecular weight is 410 g/mol. The molecule has 0 saturated carbocycles. The van der Waals surface area contributed by atoms with E-state index in [9.17, 15) is 13.2 Å². The summed E-state index contributed by atoms with van der Waals surface area (Å²) in [4.78, 5) is 13.7. The van der Waals surface area contributed by atoms with Crippen molar-refractivity contribution >= 4 is 21.1 Å². The standard InChI is InChI=1S/C21H18N2O5S/c24-21-23-19-12-18(10-11-20(19)28-21)29(25,26)22-13-15-6-8-17(9-7-15)27-14-16-4-2-1-3-5-16/h1-12,22H,13-14H2,(H,23,24). The Morgan fingerprint density at radius 1 is 0.931 bits per heavy atom. The molecule has 0 amide bonds. The summed E-state index contributed by atoms with van der Waals surface area (Å²) in [5.41, 5.74) is 2.50. The van der Waals surface area contributed by atoms with E-state index in [1.54, 1.807) is 24.3 Å². The second-order valence-electron chi connectivity index (χ2n) is 6.42. The maximum absolute atomic E-state index is 12.5. The van der Waals surface area contributed by atoms with E-state index >= 15 is 0 Å². The second kappa shape index (κ2) is 7.94. The Kier molecular flexibility index (Phi) is 5.20. The quantitative estimate of drug-likeness (QED) is 0.487. The van der Waals surface area contributed by atoms with Crippen molar-refractivity contribution in [3.8, 4) is 5.75 Å². The third-order valence-electron chi connectivity index (χ3n) is 4.34. The lowest BCUT2D eigenvalue weighted by atomic mass is 10.2. The fourth-order valence-corrected chi connectivity index (χ4v) is 3.85. The van der Waals surface area contributed by atoms with Crippen LogP contribution in [0.4, 0.5) is 0 Å². The van der Waals surface area contributed by atoms with Crippen molar-refractivity contribution < 1.29 is 17.6 Å². The summed E-state index contributed by atoms with van der Waals surface area (Å²) < 4.78 is 38.2. The van der Waals surface area contributed by atoms with Crippen LogP contribution in [-0.2, 0) is 23.2 Å². The molecule has 7 nitrogen and oxygen atoms in total. The molecule has 0 atom stereocenters. The number of aromatic amines is 1. The lowest BCUT2D eigenvalue weighted by Gasteiger charge is -2.09. The molecule has 2 N–H and O–H groups in total. The number of nitrogens with one attached hydrogen (secondary N) is 2. The van der Waals surface area contributed by atoms with Crippen molar-refractivity contribution in [2.45, 2.75) is 18.0 Å². The molecule has 0 saturated heterocycles. The Morgan fingerprint density at radius 3 is 2.45 bits per heavy atom. The van der Waals surface area contributed by atoms with Gasteiger partial charge in [-0.25, -0.2) is 17.9 Å². The van der Waals surface area contributed by atoms with Gasteiger partial charge in [-0.2, -0.15) is 0 Å². The van der Waals surface area contributed by atoms with Crippen LogP contribution in [0.2, 0.25) is 0 Å². The Morgan fingerprint density at radius 2 is 1.69 bits per heavy atom. The van der Waals surface area contributed by atoms with E-state index in [0.29, 0.717) is 23.5 Å². The highest BCUT2D eigenvalue weighted by atomic mass is 32.2. The number of oxazole rings is 1. The van der Waals surface area contributed by atoms with Crippen LogP contribution in [0, 0.1) is 0 Å². The normalized spacial score (nSPS) is 11.6. The zero-order chi connectivity index (χ0) is 20.3. The largest absolute Gasteiger partial charge is 0.489 e. The van der Waals surface area contributed by atoms with E-state index in [-0.39, 0.29) is 11.4 Å². The van der Waals surface area contributed by atoms with Crippen molar-refractivity contribution in [3.63, 3.8) is 0 Å². The van der Waals surface area contributed by atoms with Crippen LogP contribution in [-0.4, -0.2) is 13.4 Å². The van der Waals surface area contributed by atoms with Crippen molar-refractivity contribution in [2.75, 3.05) is 0 Å². The Balaban J connectivity index is 1.39. The molecule has 0 aliphatic heterocycles. The molecule has 0 aliphatic rings. The highest BCUT2D eigenvalue weighted by Crippen LogP contribution is 2.18. The maximum atomic E-state index is 12.5. The summed E-state index contributed by atoms with van der Waals surface area (Å²) >= 11 is 0. The summed E-state index contributed by atoms with van der Waals surface area (Å²) in [5.74, 6) is 0.0758. The van der Waals surface area contributed by atoms with Gasteiger partial charge >= 0.3 is 5.76 Å². The molecule has 0 radical (unpaired) electrons. The number of hydrogen-bond donors (Lipinski definition) is 2. The molecule has 3 aromatic carbocycles. The van der Waals surface area contributed by atoms with Gasteiger partial charge in [0.05, 0.1) is 10.4 Å². The van der Waals surface area contributed by atoms with Gasteiger partial charge in [0.15, 0.2) is 5.58 Å². The molecule has 4 rings (SSSR count). The predicted octanol–water partition coefficient (Wildman–Crippen LogP) is 3.18. The van der Waals surface area contributed by atoms with Crippen molar-refractivity contribution in [1.82, 2.24) is 9.71 Å². The first-order valence-corrected chi connectivity index (χ1v) is 10.4. The molecule has 0 aliphatic carbocycles. The molecule has 1 heterocycles. The van der Waals surface area contributed by atoms with Crippen LogP contribution < -0.4 is 15.2 Å². The molecule has 29 heavy (non-hydrogen) atoms. The van der Waals surface area contributed by atoms with Crippen LogP contribution in [0.25, 0.3) is 11.1 Å². The van der Waals surface area contributed by atoms with Crippen LogP contribution in [0.15, 0.2) is 86.9 Å². The van der Waals surface area contributed by atoms with Gasteiger partial charge in [0.25, 0.3) is 0 Å². The summed E-state index contributed by atoms with van der Waals surface area (Å²) in [6, 6.07) is 21.2. The van der Waals surface area contributed by atoms with Gasteiger partial charge < -0.3 is 9.15 Å². The Labute approximate surface area is 167 Å². The van der Waals surface area contributed by atoms with Gasteiger partial charge in [-0.15, -0.1) is 0 Å². The number of hydrogen-bond acceptors (Lipinski definition) is 5. The van der Waals surface area contributed by atoms with Crippen LogP contribution >= 0.6 is 0 Å². The highest BCUT2D eigenvalue weighted by Gasteiger charge is 2.15. The van der Waals surface area contributed by atoms with Gasteiger partial charge in [-0.1, -0.05) is 42.5 Å². The van der Waals surface area contributed by atoms with Crippen molar-refractivity contribution in [2.24, 2.45) is 0 Å². The zero-order valence-corrected chi connectivity index (χ0v) is 16.1. The molecular formula is C21H18N2O5S. The van der Waals surface area contributed by atoms with Gasteiger partial charge in [0, 0.05) is 6.54 Å². The van der Waals surface area contributed by atoms with Crippen LogP contribution in [0.3, 0.4) is 0 Å². The van der Waals surface area contributed by atoms with E-state index < -0.39 is 15.8 Å². The third-order valence-corrected chi connectivity index (χ3v) is 5.74. The Hall–Kier alpha value is -3.36. The summed E-state index contributed by atoms with van der Waals surface area (Å²) in [7, 11) is -3.74. The number of H-pyrrole nitrogens is 1. The fourth-order valence-electron chi connectivity index (χ4n) is 2.80. The zero-order valence-electron chi connectivity index (χ0n) is 15.3. The maximum Gasteiger partial charge on any atom is 0.417 e. The van der Waals surface area contributed by atoms with E-state index in [0.717, 1.165) is 11.1 Å². The minimum Gasteiger partial charge on any atom is -0.489 e. The van der Waals surface area contributed by atoms with E-state index in [1.807, 2.05) is 30.3 Å². The van der Waals surface area contributed by atoms with E-state index in [4.69, 9.17) is 9.15 Å².